The minimum absolute atomic E-state index is 0.632. The van der Waals surface area contributed by atoms with Gasteiger partial charge in [0, 0.05) is 6.42 Å². The van der Waals surface area contributed by atoms with Gasteiger partial charge >= 0.3 is 0 Å². The monoisotopic (exact) mass is 248 g/mol. The Morgan fingerprint density at radius 2 is 2.06 bits per heavy atom. The van der Waals surface area contributed by atoms with Gasteiger partial charge in [0.05, 0.1) is 19.7 Å². The SMILES string of the molecule is C=CC[NH2+]CCCOc1ccc([C@H](C)CC)cc1. The Labute approximate surface area is 111 Å². The molecule has 2 heteroatoms. The third-order valence-electron chi connectivity index (χ3n) is 3.22. The molecule has 0 aliphatic rings. The van der Waals surface area contributed by atoms with E-state index in [1.807, 2.05) is 6.08 Å². The number of hydrogen-bond donors (Lipinski definition) is 1. The topological polar surface area (TPSA) is 25.8 Å². The smallest absolute Gasteiger partial charge is 0.119 e. The largest absolute Gasteiger partial charge is 0.493 e. The van der Waals surface area contributed by atoms with Gasteiger partial charge in [-0.3, -0.25) is 0 Å². The lowest BCUT2D eigenvalue weighted by molar-refractivity contribution is -0.646. The summed E-state index contributed by atoms with van der Waals surface area (Å²) < 4.78 is 5.71. The summed E-state index contributed by atoms with van der Waals surface area (Å²) in [5, 5.41) is 2.24. The van der Waals surface area contributed by atoms with Crippen LogP contribution in [0.15, 0.2) is 36.9 Å². The zero-order valence-corrected chi connectivity index (χ0v) is 11.7. The molecule has 1 atom stereocenters. The van der Waals surface area contributed by atoms with Crippen molar-refractivity contribution >= 4 is 0 Å². The van der Waals surface area contributed by atoms with Crippen LogP contribution >= 0.6 is 0 Å². The summed E-state index contributed by atoms with van der Waals surface area (Å²) in [7, 11) is 0. The van der Waals surface area contributed by atoms with Crippen LogP contribution in [0.3, 0.4) is 0 Å². The van der Waals surface area contributed by atoms with Crippen LogP contribution in [0.1, 0.15) is 38.2 Å². The van der Waals surface area contributed by atoms with Gasteiger partial charge in [0.2, 0.25) is 0 Å². The molecule has 0 saturated carbocycles. The van der Waals surface area contributed by atoms with Gasteiger partial charge in [-0.05, 0) is 36.1 Å². The van der Waals surface area contributed by atoms with Crippen LogP contribution in [0, 0.1) is 0 Å². The first-order valence-corrected chi connectivity index (χ1v) is 6.93. The summed E-state index contributed by atoms with van der Waals surface area (Å²) in [5.74, 6) is 1.61. The molecule has 0 fully saturated rings. The number of hydrogen-bond acceptors (Lipinski definition) is 1. The van der Waals surface area contributed by atoms with Crippen LogP contribution in [0.2, 0.25) is 0 Å². The fourth-order valence-corrected chi connectivity index (χ4v) is 1.78. The van der Waals surface area contributed by atoms with E-state index >= 15 is 0 Å². The lowest BCUT2D eigenvalue weighted by Crippen LogP contribution is -2.84. The van der Waals surface area contributed by atoms with Crippen LogP contribution in [0.4, 0.5) is 0 Å². The Balaban J connectivity index is 2.24. The van der Waals surface area contributed by atoms with Crippen molar-refractivity contribution in [1.29, 1.82) is 0 Å². The quantitative estimate of drug-likeness (QED) is 0.528. The van der Waals surface area contributed by atoms with Gasteiger partial charge in [-0.15, -0.1) is 0 Å². The van der Waals surface area contributed by atoms with Gasteiger partial charge in [0.25, 0.3) is 0 Å². The van der Waals surface area contributed by atoms with Gasteiger partial charge in [-0.1, -0.05) is 32.6 Å². The molecule has 0 unspecified atom stereocenters. The summed E-state index contributed by atoms with van der Waals surface area (Å²) in [6, 6.07) is 8.50. The molecule has 0 amide bonds. The molecule has 0 aromatic heterocycles. The Morgan fingerprint density at radius 3 is 2.67 bits per heavy atom. The van der Waals surface area contributed by atoms with Crippen molar-refractivity contribution in [2.75, 3.05) is 19.7 Å². The second kappa shape index (κ2) is 8.76. The Morgan fingerprint density at radius 1 is 1.33 bits per heavy atom. The molecule has 0 aliphatic carbocycles. The molecule has 1 rings (SSSR count). The molecule has 0 aliphatic heterocycles. The third kappa shape index (κ3) is 5.37. The molecule has 2 nitrogen and oxygen atoms in total. The van der Waals surface area contributed by atoms with Gasteiger partial charge in [-0.25, -0.2) is 0 Å². The number of rotatable bonds is 9. The third-order valence-corrected chi connectivity index (χ3v) is 3.22. The van der Waals surface area contributed by atoms with E-state index < -0.39 is 0 Å². The molecule has 1 aromatic carbocycles. The van der Waals surface area contributed by atoms with Crippen LogP contribution in [0.5, 0.6) is 5.75 Å². The molecule has 0 bridgehead atoms. The lowest BCUT2D eigenvalue weighted by atomic mass is 9.99. The Bertz CT molecular complexity index is 331. The van der Waals surface area contributed by atoms with E-state index in [-0.39, 0.29) is 0 Å². The molecule has 2 N–H and O–H groups in total. The first kappa shape index (κ1) is 14.8. The number of nitrogens with two attached hydrogens (primary N) is 1. The summed E-state index contributed by atoms with van der Waals surface area (Å²) in [4.78, 5) is 0. The minimum atomic E-state index is 0.632. The maximum atomic E-state index is 5.71. The zero-order valence-electron chi connectivity index (χ0n) is 11.7. The van der Waals surface area contributed by atoms with E-state index in [0.29, 0.717) is 5.92 Å². The summed E-state index contributed by atoms with van der Waals surface area (Å²) in [6.07, 6.45) is 4.18. The number of quaternary nitrogens is 1. The predicted octanol–water partition coefficient (Wildman–Crippen LogP) is 2.72. The van der Waals surface area contributed by atoms with Crippen molar-refractivity contribution in [2.24, 2.45) is 0 Å². The fraction of sp³-hybridized carbons (Fsp3) is 0.500. The normalized spacial score (nSPS) is 12.1. The Hall–Kier alpha value is -1.28. The van der Waals surface area contributed by atoms with Crippen LogP contribution in [0.25, 0.3) is 0 Å². The molecule has 0 saturated heterocycles. The highest BCUT2D eigenvalue weighted by Gasteiger charge is 2.02. The molecular formula is C16H26NO+. The average molecular weight is 248 g/mol. The maximum absolute atomic E-state index is 5.71. The standard InChI is InChI=1S/C16H25NO/c1-4-11-17-12-6-13-18-16-9-7-15(8-10-16)14(3)5-2/h4,7-10,14,17H,1,5-6,11-13H2,2-3H3/p+1/t14-/m1/s1. The highest BCUT2D eigenvalue weighted by molar-refractivity contribution is 5.29. The first-order chi connectivity index (χ1) is 8.77. The van der Waals surface area contributed by atoms with Gasteiger partial charge in [-0.2, -0.15) is 0 Å². The van der Waals surface area contributed by atoms with Crippen LogP contribution in [-0.2, 0) is 0 Å². The highest BCUT2D eigenvalue weighted by atomic mass is 16.5. The van der Waals surface area contributed by atoms with E-state index in [4.69, 9.17) is 4.74 Å². The molecule has 0 spiro atoms. The van der Waals surface area contributed by atoms with Crippen molar-refractivity contribution < 1.29 is 10.1 Å². The molecule has 0 radical (unpaired) electrons. The maximum Gasteiger partial charge on any atom is 0.119 e. The second-order valence-corrected chi connectivity index (χ2v) is 4.68. The number of ether oxygens (including phenoxy) is 1. The minimum Gasteiger partial charge on any atom is -0.493 e. The lowest BCUT2D eigenvalue weighted by Gasteiger charge is -2.10. The van der Waals surface area contributed by atoms with Crippen LogP contribution < -0.4 is 10.1 Å². The van der Waals surface area contributed by atoms with E-state index in [2.05, 4.69) is 50.0 Å². The van der Waals surface area contributed by atoms with Crippen molar-refractivity contribution in [3.63, 3.8) is 0 Å². The first-order valence-electron chi connectivity index (χ1n) is 6.93. The molecule has 18 heavy (non-hydrogen) atoms. The summed E-state index contributed by atoms with van der Waals surface area (Å²) in [5.41, 5.74) is 1.39. The fourth-order valence-electron chi connectivity index (χ4n) is 1.78. The van der Waals surface area contributed by atoms with Gasteiger partial charge < -0.3 is 10.1 Å². The zero-order chi connectivity index (χ0) is 13.2. The van der Waals surface area contributed by atoms with Crippen molar-refractivity contribution in [2.45, 2.75) is 32.6 Å². The van der Waals surface area contributed by atoms with E-state index in [0.717, 1.165) is 31.9 Å². The average Bonchev–Trinajstić information content (AvgIpc) is 2.42. The summed E-state index contributed by atoms with van der Waals surface area (Å²) >= 11 is 0. The predicted molar refractivity (Wildman–Crippen MR) is 77.1 cm³/mol. The molecule has 0 heterocycles. The highest BCUT2D eigenvalue weighted by Crippen LogP contribution is 2.21. The second-order valence-electron chi connectivity index (χ2n) is 4.68. The number of benzene rings is 1. The van der Waals surface area contributed by atoms with E-state index in [1.165, 1.54) is 12.0 Å². The van der Waals surface area contributed by atoms with Gasteiger partial charge in [0.1, 0.15) is 5.75 Å². The van der Waals surface area contributed by atoms with Gasteiger partial charge in [0.15, 0.2) is 0 Å². The molecule has 100 valence electrons. The molecular weight excluding hydrogens is 222 g/mol. The van der Waals surface area contributed by atoms with Crippen LogP contribution in [-0.4, -0.2) is 19.7 Å². The summed E-state index contributed by atoms with van der Waals surface area (Å²) in [6.45, 7) is 11.0. The van der Waals surface area contributed by atoms with Crippen molar-refractivity contribution in [3.05, 3.63) is 42.5 Å². The van der Waals surface area contributed by atoms with E-state index in [9.17, 15) is 0 Å². The van der Waals surface area contributed by atoms with Crippen molar-refractivity contribution in [1.82, 2.24) is 0 Å². The van der Waals surface area contributed by atoms with Crippen molar-refractivity contribution in [3.8, 4) is 5.75 Å². The Kier molecular flexibility index (Phi) is 7.19. The molecule has 1 aromatic rings. The van der Waals surface area contributed by atoms with E-state index in [1.54, 1.807) is 0 Å².